The van der Waals surface area contributed by atoms with Gasteiger partial charge in [0, 0.05) is 24.7 Å². The van der Waals surface area contributed by atoms with Crippen molar-refractivity contribution in [2.75, 3.05) is 11.4 Å². The molecule has 1 atom stereocenters. The Bertz CT molecular complexity index is 516. The first-order valence-corrected chi connectivity index (χ1v) is 6.81. The van der Waals surface area contributed by atoms with Crippen molar-refractivity contribution >= 4 is 17.3 Å². The molecular formula is C14H19N3O3. The van der Waals surface area contributed by atoms with E-state index >= 15 is 0 Å². The van der Waals surface area contributed by atoms with E-state index in [-0.39, 0.29) is 23.7 Å². The molecule has 0 spiro atoms. The second kappa shape index (κ2) is 6.00. The fraction of sp³-hybridized carbons (Fsp3) is 0.500. The third-order valence-corrected chi connectivity index (χ3v) is 3.33. The van der Waals surface area contributed by atoms with Crippen LogP contribution in [0.4, 0.5) is 11.4 Å². The highest BCUT2D eigenvalue weighted by molar-refractivity contribution is 5.98. The van der Waals surface area contributed by atoms with Crippen LogP contribution in [0.3, 0.4) is 0 Å². The van der Waals surface area contributed by atoms with Crippen molar-refractivity contribution in [2.24, 2.45) is 0 Å². The highest BCUT2D eigenvalue weighted by atomic mass is 16.6. The zero-order chi connectivity index (χ0) is 14.7. The van der Waals surface area contributed by atoms with Gasteiger partial charge in [-0.1, -0.05) is 19.9 Å². The molecule has 1 aliphatic rings. The van der Waals surface area contributed by atoms with E-state index in [0.29, 0.717) is 12.2 Å². The number of rotatable bonds is 4. The van der Waals surface area contributed by atoms with E-state index in [4.69, 9.17) is 0 Å². The molecule has 1 saturated heterocycles. The number of nitrogens with one attached hydrogen (secondary N) is 1. The number of nitro groups is 1. The average molecular weight is 277 g/mol. The third kappa shape index (κ3) is 3.14. The van der Waals surface area contributed by atoms with Gasteiger partial charge in [-0.05, 0) is 18.9 Å². The first kappa shape index (κ1) is 14.5. The van der Waals surface area contributed by atoms with Gasteiger partial charge >= 0.3 is 0 Å². The smallest absolute Gasteiger partial charge is 0.271 e. The minimum Gasteiger partial charge on any atom is -0.311 e. The monoisotopic (exact) mass is 277 g/mol. The van der Waals surface area contributed by atoms with E-state index < -0.39 is 4.92 Å². The summed E-state index contributed by atoms with van der Waals surface area (Å²) in [5, 5.41) is 14.1. The van der Waals surface area contributed by atoms with E-state index in [1.54, 1.807) is 17.0 Å². The second-order valence-electron chi connectivity index (χ2n) is 5.28. The van der Waals surface area contributed by atoms with Crippen LogP contribution in [0.15, 0.2) is 24.3 Å². The highest BCUT2D eigenvalue weighted by Gasteiger charge is 2.30. The van der Waals surface area contributed by atoms with Crippen molar-refractivity contribution in [3.63, 3.8) is 0 Å². The molecule has 0 saturated carbocycles. The number of non-ortho nitro benzene ring substituents is 1. The molecule has 1 fully saturated rings. The lowest BCUT2D eigenvalue weighted by Gasteiger charge is -2.33. The molecule has 0 bridgehead atoms. The molecule has 6 nitrogen and oxygen atoms in total. The summed E-state index contributed by atoms with van der Waals surface area (Å²) in [6, 6.07) is 6.26. The second-order valence-corrected chi connectivity index (χ2v) is 5.28. The van der Waals surface area contributed by atoms with Gasteiger partial charge in [0.05, 0.1) is 16.7 Å². The molecule has 108 valence electrons. The Balaban J connectivity index is 2.21. The Morgan fingerprint density at radius 3 is 2.85 bits per heavy atom. The molecule has 2 rings (SSSR count). The van der Waals surface area contributed by atoms with Crippen LogP contribution >= 0.6 is 0 Å². The number of carbonyl (C=O) groups is 1. The molecule has 1 aliphatic heterocycles. The van der Waals surface area contributed by atoms with Gasteiger partial charge in [0.2, 0.25) is 5.91 Å². The Kier molecular flexibility index (Phi) is 4.34. The normalized spacial score (nSPS) is 19.4. The first-order chi connectivity index (χ1) is 9.49. The van der Waals surface area contributed by atoms with E-state index in [1.807, 2.05) is 13.8 Å². The van der Waals surface area contributed by atoms with E-state index in [1.165, 1.54) is 12.1 Å². The zero-order valence-electron chi connectivity index (χ0n) is 11.7. The molecule has 0 radical (unpaired) electrons. The van der Waals surface area contributed by atoms with Gasteiger partial charge < -0.3 is 10.2 Å². The van der Waals surface area contributed by atoms with E-state index in [2.05, 4.69) is 5.32 Å². The van der Waals surface area contributed by atoms with Gasteiger partial charge in [0.15, 0.2) is 0 Å². The van der Waals surface area contributed by atoms with Gasteiger partial charge in [-0.25, -0.2) is 0 Å². The predicted octanol–water partition coefficient (Wildman–Crippen LogP) is 2.09. The maximum Gasteiger partial charge on any atom is 0.271 e. The molecule has 1 N–H and O–H groups in total. The van der Waals surface area contributed by atoms with Gasteiger partial charge in [-0.15, -0.1) is 0 Å². The van der Waals surface area contributed by atoms with Crippen molar-refractivity contribution in [1.29, 1.82) is 0 Å². The fourth-order valence-corrected chi connectivity index (χ4v) is 2.46. The van der Waals surface area contributed by atoms with Crippen molar-refractivity contribution in [1.82, 2.24) is 5.32 Å². The number of hydrogen-bond acceptors (Lipinski definition) is 4. The van der Waals surface area contributed by atoms with Crippen molar-refractivity contribution in [2.45, 2.75) is 38.8 Å². The molecule has 0 aliphatic carbocycles. The third-order valence-electron chi connectivity index (χ3n) is 3.33. The number of piperidine rings is 1. The lowest BCUT2D eigenvalue weighted by Crippen LogP contribution is -2.52. The summed E-state index contributed by atoms with van der Waals surface area (Å²) in [4.78, 5) is 24.4. The number of nitrogens with zero attached hydrogens (tertiary/aromatic N) is 2. The Labute approximate surface area is 117 Å². The average Bonchev–Trinajstić information content (AvgIpc) is 2.41. The molecule has 1 aromatic rings. The number of benzene rings is 1. The summed E-state index contributed by atoms with van der Waals surface area (Å²) in [5.41, 5.74) is 0.605. The van der Waals surface area contributed by atoms with Crippen LogP contribution in [0.1, 0.15) is 26.7 Å². The number of nitro benzene ring substituents is 1. The molecular weight excluding hydrogens is 258 g/mol. The maximum atomic E-state index is 12.4. The minimum absolute atomic E-state index is 0.00856. The standard InChI is InChI=1S/C14H19N3O3/c1-10(2)15-13-7-4-8-16(14(13)18)11-5-3-6-12(9-11)17(19)20/h3,5-6,9-10,13,15H,4,7-8H2,1-2H3. The van der Waals surface area contributed by atoms with Gasteiger partial charge in [0.1, 0.15) is 0 Å². The summed E-state index contributed by atoms with van der Waals surface area (Å²) in [7, 11) is 0. The van der Waals surface area contributed by atoms with Crippen LogP contribution in [0.25, 0.3) is 0 Å². The summed E-state index contributed by atoms with van der Waals surface area (Å²) >= 11 is 0. The molecule has 20 heavy (non-hydrogen) atoms. The molecule has 6 heteroatoms. The number of hydrogen-bond donors (Lipinski definition) is 1. The van der Waals surface area contributed by atoms with Crippen molar-refractivity contribution < 1.29 is 9.72 Å². The summed E-state index contributed by atoms with van der Waals surface area (Å²) < 4.78 is 0. The van der Waals surface area contributed by atoms with Gasteiger partial charge in [-0.3, -0.25) is 14.9 Å². The summed E-state index contributed by atoms with van der Waals surface area (Å²) in [6.07, 6.45) is 1.70. The van der Waals surface area contributed by atoms with Gasteiger partial charge in [0.25, 0.3) is 5.69 Å². The Hall–Kier alpha value is -1.95. The lowest BCUT2D eigenvalue weighted by molar-refractivity contribution is -0.384. The van der Waals surface area contributed by atoms with E-state index in [9.17, 15) is 14.9 Å². The molecule has 1 unspecified atom stereocenters. The lowest BCUT2D eigenvalue weighted by atomic mass is 10.0. The molecule has 1 aromatic carbocycles. The Morgan fingerprint density at radius 1 is 1.45 bits per heavy atom. The number of amides is 1. The first-order valence-electron chi connectivity index (χ1n) is 6.81. The quantitative estimate of drug-likeness (QED) is 0.675. The maximum absolute atomic E-state index is 12.4. The minimum atomic E-state index is -0.443. The molecule has 1 amide bonds. The summed E-state index contributed by atoms with van der Waals surface area (Å²) in [5.74, 6) is -0.00884. The highest BCUT2D eigenvalue weighted by Crippen LogP contribution is 2.25. The SMILES string of the molecule is CC(C)NC1CCCN(c2cccc([N+](=O)[O-])c2)C1=O. The van der Waals surface area contributed by atoms with Crippen LogP contribution in [0.5, 0.6) is 0 Å². The van der Waals surface area contributed by atoms with E-state index in [0.717, 1.165) is 12.8 Å². The van der Waals surface area contributed by atoms with Crippen molar-refractivity contribution in [3.05, 3.63) is 34.4 Å². The Morgan fingerprint density at radius 2 is 2.20 bits per heavy atom. The summed E-state index contributed by atoms with van der Waals surface area (Å²) in [6.45, 7) is 4.61. The van der Waals surface area contributed by atoms with Crippen LogP contribution in [0.2, 0.25) is 0 Å². The largest absolute Gasteiger partial charge is 0.311 e. The molecule has 1 heterocycles. The van der Waals surface area contributed by atoms with Crippen LogP contribution < -0.4 is 10.2 Å². The zero-order valence-corrected chi connectivity index (χ0v) is 11.7. The fourth-order valence-electron chi connectivity index (χ4n) is 2.46. The molecule has 0 aromatic heterocycles. The van der Waals surface area contributed by atoms with Crippen LogP contribution in [-0.4, -0.2) is 29.5 Å². The van der Waals surface area contributed by atoms with Crippen molar-refractivity contribution in [3.8, 4) is 0 Å². The van der Waals surface area contributed by atoms with Crippen LogP contribution in [0, 0.1) is 10.1 Å². The van der Waals surface area contributed by atoms with Gasteiger partial charge in [-0.2, -0.15) is 0 Å². The predicted molar refractivity (Wildman–Crippen MR) is 76.7 cm³/mol. The topological polar surface area (TPSA) is 75.5 Å². The number of anilines is 1. The van der Waals surface area contributed by atoms with Crippen LogP contribution in [-0.2, 0) is 4.79 Å². The number of carbonyl (C=O) groups excluding carboxylic acids is 1.